The zero-order valence-corrected chi connectivity index (χ0v) is 14.7. The van der Waals surface area contributed by atoms with E-state index in [1.165, 1.54) is 10.5 Å². The number of nitrogens with two attached hydrogens (primary N) is 1. The van der Waals surface area contributed by atoms with Gasteiger partial charge < -0.3 is 11.1 Å². The molecule has 0 bridgehead atoms. The second-order valence-electron chi connectivity index (χ2n) is 6.15. The van der Waals surface area contributed by atoms with Crippen LogP contribution in [0.4, 0.5) is 5.82 Å². The molecule has 130 valence electrons. The van der Waals surface area contributed by atoms with E-state index in [-0.39, 0.29) is 22.8 Å². The smallest absolute Gasteiger partial charge is 0.278 e. The van der Waals surface area contributed by atoms with Crippen LogP contribution in [0, 0.1) is 6.92 Å². The first-order valence-electron chi connectivity index (χ1n) is 8.34. The van der Waals surface area contributed by atoms with Crippen molar-refractivity contribution in [1.29, 1.82) is 0 Å². The Morgan fingerprint density at radius 2 is 2.20 bits per heavy atom. The molecule has 7 nitrogen and oxygen atoms in total. The summed E-state index contributed by atoms with van der Waals surface area (Å²) in [5.74, 6) is 0.00326. The van der Waals surface area contributed by atoms with Crippen LogP contribution < -0.4 is 21.2 Å². The molecule has 0 saturated carbocycles. The van der Waals surface area contributed by atoms with Crippen molar-refractivity contribution in [3.63, 3.8) is 0 Å². The molecule has 7 heteroatoms. The summed E-state index contributed by atoms with van der Waals surface area (Å²) in [6.07, 6.45) is 3.55. The maximum atomic E-state index is 12.9. The molecule has 0 spiro atoms. The number of aryl methyl sites for hydroxylation is 2. The fourth-order valence-electron chi connectivity index (χ4n) is 2.85. The first kappa shape index (κ1) is 16.9. The molecule has 3 rings (SSSR count). The number of hydrogen-bond donors (Lipinski definition) is 2. The van der Waals surface area contributed by atoms with Crippen LogP contribution >= 0.6 is 0 Å². The van der Waals surface area contributed by atoms with E-state index in [9.17, 15) is 9.59 Å². The Balaban J connectivity index is 2.25. The number of nitrogen functional groups attached to an aromatic ring is 1. The standard InChI is InChI=1S/C18H21N5O2/c1-4-5-8-20-17(24)12-10-13-16(22(3)14(12)19)21-15-11(2)7-6-9-23(15)18(13)25/h6-7,9-10,19H,4-5,8H2,1-3H3,(H,20,24)/p+1. The van der Waals surface area contributed by atoms with Crippen LogP contribution in [0.1, 0.15) is 35.7 Å². The highest BCUT2D eigenvalue weighted by atomic mass is 16.1. The number of carbonyl (C=O) groups is 1. The van der Waals surface area contributed by atoms with Crippen LogP contribution in [0.25, 0.3) is 16.7 Å². The Morgan fingerprint density at radius 1 is 1.44 bits per heavy atom. The van der Waals surface area contributed by atoms with E-state index in [1.54, 1.807) is 23.9 Å². The van der Waals surface area contributed by atoms with Crippen molar-refractivity contribution in [2.24, 2.45) is 7.05 Å². The van der Waals surface area contributed by atoms with Crippen molar-refractivity contribution < 1.29 is 9.36 Å². The van der Waals surface area contributed by atoms with Gasteiger partial charge in [0.05, 0.1) is 7.05 Å². The lowest BCUT2D eigenvalue weighted by Gasteiger charge is -2.10. The lowest BCUT2D eigenvalue weighted by atomic mass is 10.1. The molecule has 0 radical (unpaired) electrons. The van der Waals surface area contributed by atoms with Gasteiger partial charge in [0.1, 0.15) is 10.9 Å². The largest absolute Gasteiger partial charge is 0.352 e. The second-order valence-corrected chi connectivity index (χ2v) is 6.15. The molecule has 1 amide bonds. The maximum Gasteiger partial charge on any atom is 0.278 e. The molecule has 0 saturated heterocycles. The normalized spacial score (nSPS) is 11.2. The number of carbonyl (C=O) groups excluding carboxylic acids is 1. The zero-order valence-electron chi connectivity index (χ0n) is 14.7. The van der Waals surface area contributed by atoms with E-state index in [0.717, 1.165) is 18.4 Å². The van der Waals surface area contributed by atoms with E-state index < -0.39 is 0 Å². The highest BCUT2D eigenvalue weighted by Crippen LogP contribution is 2.15. The zero-order chi connectivity index (χ0) is 18.1. The summed E-state index contributed by atoms with van der Waals surface area (Å²) in [4.78, 5) is 29.9. The summed E-state index contributed by atoms with van der Waals surface area (Å²) in [5, 5.41) is 3.20. The number of pyridine rings is 2. The van der Waals surface area contributed by atoms with Crippen molar-refractivity contribution in [2.45, 2.75) is 26.7 Å². The average Bonchev–Trinajstić information content (AvgIpc) is 2.59. The third-order valence-electron chi connectivity index (χ3n) is 4.37. The summed E-state index contributed by atoms with van der Waals surface area (Å²) in [6, 6.07) is 5.23. The molecular weight excluding hydrogens is 318 g/mol. The summed E-state index contributed by atoms with van der Waals surface area (Å²) < 4.78 is 3.09. The van der Waals surface area contributed by atoms with Gasteiger partial charge in [-0.2, -0.15) is 0 Å². The number of unbranched alkanes of at least 4 members (excludes halogenated alkanes) is 1. The van der Waals surface area contributed by atoms with Crippen molar-refractivity contribution >= 4 is 28.4 Å². The number of nitrogens with zero attached hydrogens (tertiary/aromatic N) is 3. The lowest BCUT2D eigenvalue weighted by Crippen LogP contribution is -2.39. The van der Waals surface area contributed by atoms with Gasteiger partial charge in [-0.25, -0.2) is 4.57 Å². The topological polar surface area (TPSA) is 93.4 Å². The van der Waals surface area contributed by atoms with Gasteiger partial charge in [0.15, 0.2) is 0 Å². The minimum Gasteiger partial charge on any atom is -0.352 e. The van der Waals surface area contributed by atoms with Gasteiger partial charge in [-0.05, 0) is 25.5 Å². The van der Waals surface area contributed by atoms with E-state index in [2.05, 4.69) is 17.2 Å². The van der Waals surface area contributed by atoms with Crippen LogP contribution in [-0.4, -0.2) is 21.8 Å². The van der Waals surface area contributed by atoms with Gasteiger partial charge in [-0.3, -0.25) is 14.0 Å². The fraction of sp³-hybridized carbons (Fsp3) is 0.333. The van der Waals surface area contributed by atoms with Gasteiger partial charge in [-0.15, -0.1) is 0 Å². The Labute approximate surface area is 145 Å². The average molecular weight is 340 g/mol. The Morgan fingerprint density at radius 3 is 2.92 bits per heavy atom. The first-order valence-corrected chi connectivity index (χ1v) is 8.34. The summed E-state index contributed by atoms with van der Waals surface area (Å²) in [7, 11) is 1.71. The van der Waals surface area contributed by atoms with E-state index in [4.69, 9.17) is 5.73 Å². The molecule has 3 N–H and O–H groups in total. The SMILES string of the molecule is CCCCNC(=O)c1cc2c(=O)n3cccc(C)c3nc2[n+](C)c1N. The number of anilines is 1. The first-order chi connectivity index (χ1) is 12.0. The number of aromatic nitrogens is 3. The minimum absolute atomic E-state index is 0.220. The number of rotatable bonds is 4. The van der Waals surface area contributed by atoms with Crippen molar-refractivity contribution in [2.75, 3.05) is 12.3 Å². The van der Waals surface area contributed by atoms with Crippen LogP contribution in [-0.2, 0) is 7.05 Å². The molecule has 25 heavy (non-hydrogen) atoms. The van der Waals surface area contributed by atoms with Crippen molar-refractivity contribution in [3.05, 3.63) is 45.9 Å². The fourth-order valence-corrected chi connectivity index (χ4v) is 2.85. The van der Waals surface area contributed by atoms with Crippen molar-refractivity contribution in [3.8, 4) is 0 Å². The second kappa shape index (κ2) is 6.51. The van der Waals surface area contributed by atoms with Crippen LogP contribution in [0.15, 0.2) is 29.2 Å². The molecule has 0 fully saturated rings. The van der Waals surface area contributed by atoms with Gasteiger partial charge in [0.2, 0.25) is 11.5 Å². The van der Waals surface area contributed by atoms with E-state index >= 15 is 0 Å². The van der Waals surface area contributed by atoms with Crippen LogP contribution in [0.5, 0.6) is 0 Å². The van der Waals surface area contributed by atoms with Crippen molar-refractivity contribution in [1.82, 2.24) is 14.7 Å². The van der Waals surface area contributed by atoms with E-state index in [1.807, 2.05) is 13.0 Å². The van der Waals surface area contributed by atoms with Gasteiger partial charge in [0.25, 0.3) is 17.1 Å². The summed E-state index contributed by atoms with van der Waals surface area (Å²) in [5.41, 5.74) is 8.14. The van der Waals surface area contributed by atoms with Crippen LogP contribution in [0.2, 0.25) is 0 Å². The Hall–Kier alpha value is -2.96. The van der Waals surface area contributed by atoms with E-state index in [0.29, 0.717) is 23.2 Å². The monoisotopic (exact) mass is 340 g/mol. The number of hydrogen-bond acceptors (Lipinski definition) is 4. The molecule has 0 unspecified atom stereocenters. The maximum absolute atomic E-state index is 12.9. The quantitative estimate of drug-likeness (QED) is 0.422. The Kier molecular flexibility index (Phi) is 4.39. The van der Waals surface area contributed by atoms with Crippen LogP contribution in [0.3, 0.4) is 0 Å². The molecule has 0 aliphatic rings. The molecule has 0 atom stereocenters. The molecule has 3 aromatic rings. The van der Waals surface area contributed by atoms with Gasteiger partial charge >= 0.3 is 0 Å². The minimum atomic E-state index is -0.280. The molecule has 0 aromatic carbocycles. The molecule has 3 aromatic heterocycles. The predicted molar refractivity (Wildman–Crippen MR) is 96.5 cm³/mol. The highest BCUT2D eigenvalue weighted by Gasteiger charge is 2.22. The summed E-state index contributed by atoms with van der Waals surface area (Å²) >= 11 is 0. The lowest BCUT2D eigenvalue weighted by molar-refractivity contribution is -0.632. The predicted octanol–water partition coefficient (Wildman–Crippen LogP) is 1.09. The molecular formula is C18H22N5O2+. The molecule has 0 aliphatic carbocycles. The number of fused-ring (bicyclic) bond motifs is 2. The highest BCUT2D eigenvalue weighted by molar-refractivity contribution is 6.00. The third kappa shape index (κ3) is 2.82. The molecule has 3 heterocycles. The third-order valence-corrected chi connectivity index (χ3v) is 4.37. The Bertz CT molecular complexity index is 1040. The van der Waals surface area contributed by atoms with Gasteiger partial charge in [-0.1, -0.05) is 24.4 Å². The summed E-state index contributed by atoms with van der Waals surface area (Å²) in [6.45, 7) is 4.52. The number of amides is 1. The van der Waals surface area contributed by atoms with Gasteiger partial charge in [0, 0.05) is 18.3 Å². The number of nitrogens with one attached hydrogen (secondary N) is 1. The molecule has 0 aliphatic heterocycles.